The zero-order valence-electron chi connectivity index (χ0n) is 11.1. The molecule has 8 heteroatoms. The van der Waals surface area contributed by atoms with E-state index in [1.54, 1.807) is 6.92 Å². The number of nitrogens with zero attached hydrogens (tertiary/aromatic N) is 3. The molecule has 106 valence electrons. The van der Waals surface area contributed by atoms with Crippen LogP contribution in [-0.4, -0.2) is 40.4 Å². The maximum atomic E-state index is 11.9. The number of rotatable bonds is 8. The number of hydrogen-bond donors (Lipinski definition) is 1. The van der Waals surface area contributed by atoms with Gasteiger partial charge in [0.15, 0.2) is 0 Å². The number of carbonyl (C=O) groups excluding carboxylic acids is 1. The van der Waals surface area contributed by atoms with E-state index in [9.17, 15) is 14.9 Å². The zero-order valence-corrected chi connectivity index (χ0v) is 11.1. The van der Waals surface area contributed by atoms with Crippen molar-refractivity contribution in [3.05, 3.63) is 22.0 Å². The van der Waals surface area contributed by atoms with E-state index in [1.165, 1.54) is 4.68 Å². The summed E-state index contributed by atoms with van der Waals surface area (Å²) in [5, 5.41) is 17.3. The molecule has 0 saturated carbocycles. The molecule has 0 fully saturated rings. The van der Waals surface area contributed by atoms with Crippen LogP contribution in [-0.2, 0) is 11.3 Å². The van der Waals surface area contributed by atoms with Gasteiger partial charge in [-0.25, -0.2) is 0 Å². The summed E-state index contributed by atoms with van der Waals surface area (Å²) in [4.78, 5) is 22.1. The Bertz CT molecular complexity index is 444. The number of amides is 1. The number of hydrogen-bond acceptors (Lipinski definition) is 5. The van der Waals surface area contributed by atoms with Crippen LogP contribution in [0.25, 0.3) is 0 Å². The Morgan fingerprint density at radius 1 is 1.58 bits per heavy atom. The second-order valence-electron chi connectivity index (χ2n) is 3.76. The smallest absolute Gasteiger partial charge is 0.320 e. The molecular weight excluding hydrogens is 252 g/mol. The number of ether oxygens (including phenoxy) is 1. The lowest BCUT2D eigenvalue weighted by molar-refractivity contribution is -0.385. The zero-order chi connectivity index (χ0) is 14.3. The molecule has 1 amide bonds. The maximum absolute atomic E-state index is 11.9. The first-order valence-electron chi connectivity index (χ1n) is 6.17. The van der Waals surface area contributed by atoms with E-state index in [1.807, 2.05) is 6.92 Å². The normalized spacial score (nSPS) is 10.4. The van der Waals surface area contributed by atoms with Crippen molar-refractivity contribution in [1.82, 2.24) is 15.1 Å². The molecule has 0 aliphatic rings. The van der Waals surface area contributed by atoms with Gasteiger partial charge in [0, 0.05) is 26.3 Å². The van der Waals surface area contributed by atoms with Crippen molar-refractivity contribution < 1.29 is 14.5 Å². The van der Waals surface area contributed by atoms with Crippen LogP contribution in [0, 0.1) is 10.1 Å². The first-order chi connectivity index (χ1) is 9.11. The molecule has 0 unspecified atom stereocenters. The molecule has 1 heterocycles. The lowest BCUT2D eigenvalue weighted by Crippen LogP contribution is -2.28. The van der Waals surface area contributed by atoms with E-state index in [4.69, 9.17) is 4.74 Å². The van der Waals surface area contributed by atoms with Crippen LogP contribution in [0.15, 0.2) is 6.20 Å². The van der Waals surface area contributed by atoms with E-state index < -0.39 is 10.8 Å². The Morgan fingerprint density at radius 2 is 2.32 bits per heavy atom. The lowest BCUT2D eigenvalue weighted by atomic mass is 10.3. The Morgan fingerprint density at radius 3 is 2.89 bits per heavy atom. The minimum atomic E-state index is -0.603. The third-order valence-corrected chi connectivity index (χ3v) is 2.49. The van der Waals surface area contributed by atoms with Crippen molar-refractivity contribution in [1.29, 1.82) is 0 Å². The molecule has 0 aromatic carbocycles. The standard InChI is InChI=1S/C11H18N4O4/c1-3-14-10(9(8-13-14)15(17)18)11(16)12-6-5-7-19-4-2/h8H,3-7H2,1-2H3,(H,12,16). The monoisotopic (exact) mass is 270 g/mol. The van der Waals surface area contributed by atoms with Gasteiger partial charge in [0.2, 0.25) is 5.69 Å². The largest absolute Gasteiger partial charge is 0.382 e. The summed E-state index contributed by atoms with van der Waals surface area (Å²) in [7, 11) is 0. The average Bonchev–Trinajstić information content (AvgIpc) is 2.82. The Kier molecular flexibility index (Phi) is 5.94. The Balaban J connectivity index is 2.65. The molecule has 1 rings (SSSR count). The average molecular weight is 270 g/mol. The molecule has 19 heavy (non-hydrogen) atoms. The van der Waals surface area contributed by atoms with E-state index in [0.717, 1.165) is 6.20 Å². The summed E-state index contributed by atoms with van der Waals surface area (Å²) in [5.41, 5.74) is -0.284. The van der Waals surface area contributed by atoms with Crippen molar-refractivity contribution in [2.24, 2.45) is 0 Å². The van der Waals surface area contributed by atoms with Crippen LogP contribution < -0.4 is 5.32 Å². The summed E-state index contributed by atoms with van der Waals surface area (Å²) < 4.78 is 6.45. The summed E-state index contributed by atoms with van der Waals surface area (Å²) in [5.74, 6) is -0.484. The van der Waals surface area contributed by atoms with Crippen LogP contribution >= 0.6 is 0 Å². The number of carbonyl (C=O) groups is 1. The third-order valence-electron chi connectivity index (χ3n) is 2.49. The quantitative estimate of drug-likeness (QED) is 0.431. The van der Waals surface area contributed by atoms with Gasteiger partial charge in [0.05, 0.1) is 4.92 Å². The van der Waals surface area contributed by atoms with Crippen LogP contribution in [0.5, 0.6) is 0 Å². The summed E-state index contributed by atoms with van der Waals surface area (Å²) >= 11 is 0. The fraction of sp³-hybridized carbons (Fsp3) is 0.636. The van der Waals surface area contributed by atoms with Gasteiger partial charge in [-0.15, -0.1) is 0 Å². The summed E-state index contributed by atoms with van der Waals surface area (Å²) in [6.07, 6.45) is 1.76. The van der Waals surface area contributed by atoms with E-state index >= 15 is 0 Å². The van der Waals surface area contributed by atoms with Crippen molar-refractivity contribution >= 4 is 11.6 Å². The van der Waals surface area contributed by atoms with Crippen molar-refractivity contribution in [3.63, 3.8) is 0 Å². The van der Waals surface area contributed by atoms with E-state index in [-0.39, 0.29) is 11.4 Å². The molecule has 0 saturated heterocycles. The van der Waals surface area contributed by atoms with Crippen molar-refractivity contribution in [3.8, 4) is 0 Å². The number of nitrogens with one attached hydrogen (secondary N) is 1. The fourth-order valence-corrected chi connectivity index (χ4v) is 1.59. The topological polar surface area (TPSA) is 99.3 Å². The van der Waals surface area contributed by atoms with Crippen LogP contribution in [0.2, 0.25) is 0 Å². The van der Waals surface area contributed by atoms with Crippen LogP contribution in [0.3, 0.4) is 0 Å². The second kappa shape index (κ2) is 7.47. The van der Waals surface area contributed by atoms with Gasteiger partial charge in [-0.05, 0) is 20.3 Å². The van der Waals surface area contributed by atoms with Gasteiger partial charge >= 0.3 is 5.69 Å². The highest BCUT2D eigenvalue weighted by Crippen LogP contribution is 2.17. The molecule has 1 aromatic heterocycles. The highest BCUT2D eigenvalue weighted by molar-refractivity contribution is 5.96. The molecule has 8 nitrogen and oxygen atoms in total. The third kappa shape index (κ3) is 4.02. The van der Waals surface area contributed by atoms with Gasteiger partial charge in [-0.3, -0.25) is 19.6 Å². The molecule has 0 aliphatic heterocycles. The van der Waals surface area contributed by atoms with Gasteiger partial charge in [-0.2, -0.15) is 5.10 Å². The Hall–Kier alpha value is -1.96. The lowest BCUT2D eigenvalue weighted by Gasteiger charge is -2.06. The minimum absolute atomic E-state index is 0.0103. The number of nitro groups is 1. The van der Waals surface area contributed by atoms with Crippen LogP contribution in [0.4, 0.5) is 5.69 Å². The van der Waals surface area contributed by atoms with Crippen LogP contribution in [0.1, 0.15) is 30.8 Å². The van der Waals surface area contributed by atoms with Crippen molar-refractivity contribution in [2.75, 3.05) is 19.8 Å². The highest BCUT2D eigenvalue weighted by atomic mass is 16.6. The van der Waals surface area contributed by atoms with Gasteiger partial charge in [0.25, 0.3) is 5.91 Å². The van der Waals surface area contributed by atoms with E-state index in [2.05, 4.69) is 10.4 Å². The molecule has 0 atom stereocenters. The molecule has 1 aromatic rings. The molecule has 0 radical (unpaired) electrons. The highest BCUT2D eigenvalue weighted by Gasteiger charge is 2.25. The van der Waals surface area contributed by atoms with Gasteiger partial charge in [0.1, 0.15) is 6.20 Å². The van der Waals surface area contributed by atoms with Gasteiger partial charge in [-0.1, -0.05) is 0 Å². The molecule has 0 aliphatic carbocycles. The number of aryl methyl sites for hydroxylation is 1. The summed E-state index contributed by atoms with van der Waals surface area (Å²) in [6.45, 7) is 5.64. The predicted molar refractivity (Wildman–Crippen MR) is 68.0 cm³/mol. The maximum Gasteiger partial charge on any atom is 0.320 e. The minimum Gasteiger partial charge on any atom is -0.382 e. The van der Waals surface area contributed by atoms with E-state index in [0.29, 0.717) is 32.7 Å². The molecule has 0 spiro atoms. The number of aromatic nitrogens is 2. The fourth-order valence-electron chi connectivity index (χ4n) is 1.59. The SMILES string of the molecule is CCOCCCNC(=O)c1c([N+](=O)[O-])cnn1CC. The first-order valence-corrected chi connectivity index (χ1v) is 6.17. The molecular formula is C11H18N4O4. The van der Waals surface area contributed by atoms with Crippen molar-refractivity contribution in [2.45, 2.75) is 26.8 Å². The predicted octanol–water partition coefficient (Wildman–Crippen LogP) is 0.968. The molecule has 1 N–H and O–H groups in total. The summed E-state index contributed by atoms with van der Waals surface area (Å²) in [6, 6.07) is 0. The first kappa shape index (κ1) is 15.1. The second-order valence-corrected chi connectivity index (χ2v) is 3.76. The van der Waals surface area contributed by atoms with Gasteiger partial charge < -0.3 is 10.1 Å². The molecule has 0 bridgehead atoms. The Labute approximate surface area is 110 Å².